The van der Waals surface area contributed by atoms with E-state index in [1.807, 2.05) is 17.7 Å². The molecule has 1 unspecified atom stereocenters. The smallest absolute Gasteiger partial charge is 0.151 e. The van der Waals surface area contributed by atoms with Crippen molar-refractivity contribution >= 4 is 11.0 Å². The van der Waals surface area contributed by atoms with Crippen molar-refractivity contribution in [2.75, 3.05) is 6.54 Å². The van der Waals surface area contributed by atoms with E-state index >= 15 is 0 Å². The van der Waals surface area contributed by atoms with Crippen LogP contribution in [0.25, 0.3) is 11.0 Å². The van der Waals surface area contributed by atoms with Gasteiger partial charge in [0, 0.05) is 7.05 Å². The molecule has 1 aromatic carbocycles. The summed E-state index contributed by atoms with van der Waals surface area (Å²) in [6.07, 6.45) is 4.78. The first-order valence-electron chi connectivity index (χ1n) is 6.61. The van der Waals surface area contributed by atoms with E-state index in [2.05, 4.69) is 10.3 Å². The third-order valence-electron chi connectivity index (χ3n) is 3.77. The van der Waals surface area contributed by atoms with Crippen molar-refractivity contribution in [3.63, 3.8) is 0 Å². The van der Waals surface area contributed by atoms with Crippen molar-refractivity contribution in [1.29, 1.82) is 0 Å². The van der Waals surface area contributed by atoms with Crippen molar-refractivity contribution in [1.82, 2.24) is 14.9 Å². The summed E-state index contributed by atoms with van der Waals surface area (Å²) in [4.78, 5) is 4.50. The molecule has 0 spiro atoms. The summed E-state index contributed by atoms with van der Waals surface area (Å²) in [5.74, 6) is 0.722. The number of para-hydroxylation sites is 1. The van der Waals surface area contributed by atoms with Gasteiger partial charge in [-0.15, -0.1) is 0 Å². The van der Waals surface area contributed by atoms with Crippen LogP contribution in [-0.4, -0.2) is 16.1 Å². The highest BCUT2D eigenvalue weighted by molar-refractivity contribution is 5.76. The molecule has 18 heavy (non-hydrogen) atoms. The van der Waals surface area contributed by atoms with Crippen LogP contribution in [0.2, 0.25) is 0 Å². The minimum absolute atomic E-state index is 0.233. The van der Waals surface area contributed by atoms with Gasteiger partial charge in [0.1, 0.15) is 11.3 Å². The molecule has 1 aromatic heterocycles. The Morgan fingerprint density at radius 1 is 1.33 bits per heavy atom. The van der Waals surface area contributed by atoms with E-state index in [4.69, 9.17) is 0 Å². The lowest BCUT2D eigenvalue weighted by molar-refractivity contribution is 0.495. The molecule has 3 nitrogen and oxygen atoms in total. The summed E-state index contributed by atoms with van der Waals surface area (Å²) >= 11 is 0. The Bertz CT molecular complexity index is 553. The fourth-order valence-corrected chi connectivity index (χ4v) is 2.76. The average Bonchev–Trinajstić information content (AvgIpc) is 2.57. The second-order valence-corrected chi connectivity index (χ2v) is 4.99. The lowest BCUT2D eigenvalue weighted by atomic mass is 10.1. The van der Waals surface area contributed by atoms with Gasteiger partial charge in [-0.05, 0) is 31.5 Å². The molecular weight excluding hydrogens is 229 g/mol. The van der Waals surface area contributed by atoms with Gasteiger partial charge in [0.05, 0.1) is 11.6 Å². The minimum atomic E-state index is -0.233. The number of rotatable bonds is 1. The molecule has 0 aliphatic carbocycles. The van der Waals surface area contributed by atoms with Gasteiger partial charge < -0.3 is 9.88 Å². The summed E-state index contributed by atoms with van der Waals surface area (Å²) in [5, 5.41) is 3.51. The second-order valence-electron chi connectivity index (χ2n) is 4.99. The maximum atomic E-state index is 13.7. The number of nitrogens with one attached hydrogen (secondary N) is 1. The first kappa shape index (κ1) is 11.7. The normalized spacial score (nSPS) is 21.1. The predicted molar refractivity (Wildman–Crippen MR) is 69.9 cm³/mol. The largest absolute Gasteiger partial charge is 0.330 e. The van der Waals surface area contributed by atoms with Crippen LogP contribution in [0.1, 0.15) is 37.5 Å². The number of hydrogen-bond donors (Lipinski definition) is 1. The highest BCUT2D eigenvalue weighted by Gasteiger charge is 2.20. The van der Waals surface area contributed by atoms with Crippen molar-refractivity contribution < 1.29 is 4.39 Å². The summed E-state index contributed by atoms with van der Waals surface area (Å²) in [6, 6.07) is 5.39. The van der Waals surface area contributed by atoms with Crippen LogP contribution in [0.15, 0.2) is 18.2 Å². The lowest BCUT2D eigenvalue weighted by Gasteiger charge is -2.15. The maximum Gasteiger partial charge on any atom is 0.151 e. The van der Waals surface area contributed by atoms with Crippen LogP contribution in [0.3, 0.4) is 0 Å². The second kappa shape index (κ2) is 4.69. The zero-order valence-electron chi connectivity index (χ0n) is 10.6. The Morgan fingerprint density at radius 2 is 2.22 bits per heavy atom. The standard InChI is InChI=1S/C14H18FN3/c1-18-12-8-5-6-10(15)13(12)17-14(18)11-7-3-2-4-9-16-11/h5-6,8,11,16H,2-4,7,9H2,1H3. The minimum Gasteiger partial charge on any atom is -0.330 e. The Hall–Kier alpha value is -1.42. The zero-order valence-corrected chi connectivity index (χ0v) is 10.6. The summed E-state index contributed by atoms with van der Waals surface area (Å²) in [7, 11) is 1.97. The summed E-state index contributed by atoms with van der Waals surface area (Å²) in [5.41, 5.74) is 1.36. The van der Waals surface area contributed by atoms with Crippen LogP contribution >= 0.6 is 0 Å². The van der Waals surface area contributed by atoms with Crippen LogP contribution in [-0.2, 0) is 7.05 Å². The molecular formula is C14H18FN3. The number of benzene rings is 1. The van der Waals surface area contributed by atoms with Gasteiger partial charge in [0.2, 0.25) is 0 Å². The number of aromatic nitrogens is 2. The van der Waals surface area contributed by atoms with Gasteiger partial charge in [-0.25, -0.2) is 9.37 Å². The van der Waals surface area contributed by atoms with Gasteiger partial charge in [-0.2, -0.15) is 0 Å². The molecule has 1 fully saturated rings. The molecule has 1 atom stereocenters. The van der Waals surface area contributed by atoms with Gasteiger partial charge in [0.15, 0.2) is 5.82 Å². The molecule has 0 radical (unpaired) electrons. The maximum absolute atomic E-state index is 13.7. The van der Waals surface area contributed by atoms with Gasteiger partial charge >= 0.3 is 0 Å². The van der Waals surface area contributed by atoms with E-state index in [9.17, 15) is 4.39 Å². The molecule has 0 saturated carbocycles. The van der Waals surface area contributed by atoms with E-state index in [-0.39, 0.29) is 11.9 Å². The van der Waals surface area contributed by atoms with E-state index in [0.29, 0.717) is 5.52 Å². The van der Waals surface area contributed by atoms with Crippen molar-refractivity contribution in [2.45, 2.75) is 31.7 Å². The third kappa shape index (κ3) is 1.90. The van der Waals surface area contributed by atoms with Crippen molar-refractivity contribution in [2.24, 2.45) is 7.05 Å². The molecule has 4 heteroatoms. The quantitative estimate of drug-likeness (QED) is 0.839. The molecule has 1 saturated heterocycles. The monoisotopic (exact) mass is 247 g/mol. The Kier molecular flexibility index (Phi) is 3.04. The molecule has 0 bridgehead atoms. The molecule has 3 rings (SSSR count). The van der Waals surface area contributed by atoms with Crippen molar-refractivity contribution in [3.05, 3.63) is 29.8 Å². The molecule has 0 amide bonds. The molecule has 1 N–H and O–H groups in total. The van der Waals surface area contributed by atoms with Crippen molar-refractivity contribution in [3.8, 4) is 0 Å². The predicted octanol–water partition coefficient (Wildman–Crippen LogP) is 2.92. The highest BCUT2D eigenvalue weighted by atomic mass is 19.1. The van der Waals surface area contributed by atoms with Crippen LogP contribution in [0.5, 0.6) is 0 Å². The Balaban J connectivity index is 2.06. The Labute approximate surface area is 106 Å². The van der Waals surface area contributed by atoms with Gasteiger partial charge in [0.25, 0.3) is 0 Å². The average molecular weight is 247 g/mol. The first-order valence-corrected chi connectivity index (χ1v) is 6.61. The van der Waals surface area contributed by atoms with Crippen LogP contribution < -0.4 is 5.32 Å². The molecule has 1 aliphatic heterocycles. The number of halogens is 1. The molecule has 1 aliphatic rings. The fraction of sp³-hybridized carbons (Fsp3) is 0.500. The number of imidazole rings is 1. The third-order valence-corrected chi connectivity index (χ3v) is 3.77. The van der Waals surface area contributed by atoms with Crippen LogP contribution in [0, 0.1) is 5.82 Å². The van der Waals surface area contributed by atoms with Crippen LogP contribution in [0.4, 0.5) is 4.39 Å². The Morgan fingerprint density at radius 3 is 3.06 bits per heavy atom. The molecule has 2 heterocycles. The zero-order chi connectivity index (χ0) is 12.5. The summed E-state index contributed by atoms with van der Waals surface area (Å²) < 4.78 is 15.7. The first-order chi connectivity index (χ1) is 8.77. The summed E-state index contributed by atoms with van der Waals surface area (Å²) in [6.45, 7) is 1.02. The number of nitrogens with zero attached hydrogens (tertiary/aromatic N) is 2. The van der Waals surface area contributed by atoms with E-state index in [1.54, 1.807) is 6.07 Å². The molecule has 2 aromatic rings. The van der Waals surface area contributed by atoms with E-state index < -0.39 is 0 Å². The van der Waals surface area contributed by atoms with E-state index in [1.165, 1.54) is 25.3 Å². The number of hydrogen-bond acceptors (Lipinski definition) is 2. The fourth-order valence-electron chi connectivity index (χ4n) is 2.76. The van der Waals surface area contributed by atoms with Gasteiger partial charge in [-0.3, -0.25) is 0 Å². The highest BCUT2D eigenvalue weighted by Crippen LogP contribution is 2.26. The lowest BCUT2D eigenvalue weighted by Crippen LogP contribution is -2.23. The van der Waals surface area contributed by atoms with Gasteiger partial charge in [-0.1, -0.05) is 18.9 Å². The van der Waals surface area contributed by atoms with E-state index in [0.717, 1.165) is 24.3 Å². The topological polar surface area (TPSA) is 29.9 Å². The number of aryl methyl sites for hydroxylation is 1. The molecule has 96 valence electrons. The SMILES string of the molecule is Cn1c(C2CCCCCN2)nc2c(F)cccc21. The number of fused-ring (bicyclic) bond motifs is 1.